The summed E-state index contributed by atoms with van der Waals surface area (Å²) in [7, 11) is 0. The number of ether oxygens (including phenoxy) is 1. The van der Waals surface area contributed by atoms with Crippen LogP contribution in [0, 0.1) is 28.4 Å². The molecule has 0 aromatic heterocycles. The fourth-order valence-electron chi connectivity index (χ4n) is 1.63. The van der Waals surface area contributed by atoms with Crippen LogP contribution in [-0.4, -0.2) is 4.92 Å². The topological polar surface area (TPSA) is 76.2 Å². The van der Waals surface area contributed by atoms with E-state index >= 15 is 0 Å². The Labute approximate surface area is 109 Å². The number of nitro groups is 1. The zero-order chi connectivity index (χ0) is 13.8. The lowest BCUT2D eigenvalue weighted by Crippen LogP contribution is -1.92. The Hall–Kier alpha value is -2.87. The monoisotopic (exact) mass is 254 g/mol. The van der Waals surface area contributed by atoms with E-state index in [2.05, 4.69) is 0 Å². The van der Waals surface area contributed by atoms with Crippen LogP contribution in [0.5, 0.6) is 11.5 Å². The van der Waals surface area contributed by atoms with Gasteiger partial charge in [-0.3, -0.25) is 10.1 Å². The van der Waals surface area contributed by atoms with E-state index in [0.29, 0.717) is 22.6 Å². The van der Waals surface area contributed by atoms with Gasteiger partial charge >= 0.3 is 0 Å². The minimum atomic E-state index is -0.430. The smallest absolute Gasteiger partial charge is 0.272 e. The number of hydrogen-bond donors (Lipinski definition) is 0. The molecule has 19 heavy (non-hydrogen) atoms. The van der Waals surface area contributed by atoms with Gasteiger partial charge in [-0.15, -0.1) is 0 Å². The summed E-state index contributed by atoms with van der Waals surface area (Å²) in [6.45, 7) is 1.66. The van der Waals surface area contributed by atoms with Gasteiger partial charge in [0.05, 0.1) is 16.6 Å². The fraction of sp³-hybridized carbons (Fsp3) is 0.0714. The van der Waals surface area contributed by atoms with Crippen molar-refractivity contribution in [2.45, 2.75) is 6.92 Å². The van der Waals surface area contributed by atoms with Crippen LogP contribution in [0.4, 0.5) is 5.69 Å². The molecule has 0 amide bonds. The first-order valence-corrected chi connectivity index (χ1v) is 5.53. The molecule has 0 saturated heterocycles. The zero-order valence-corrected chi connectivity index (χ0v) is 10.2. The van der Waals surface area contributed by atoms with Crippen molar-refractivity contribution in [3.63, 3.8) is 0 Å². The second-order valence-electron chi connectivity index (χ2n) is 3.94. The minimum Gasteiger partial charge on any atom is -0.457 e. The molecule has 0 heterocycles. The first-order chi connectivity index (χ1) is 9.10. The molecule has 0 N–H and O–H groups in total. The van der Waals surface area contributed by atoms with Gasteiger partial charge in [-0.25, -0.2) is 0 Å². The number of rotatable bonds is 3. The molecule has 0 spiro atoms. The van der Waals surface area contributed by atoms with Crippen molar-refractivity contribution >= 4 is 5.69 Å². The van der Waals surface area contributed by atoms with E-state index in [9.17, 15) is 10.1 Å². The Morgan fingerprint density at radius 2 is 1.79 bits per heavy atom. The van der Waals surface area contributed by atoms with E-state index in [4.69, 9.17) is 10.00 Å². The highest BCUT2D eigenvalue weighted by atomic mass is 16.6. The molecule has 0 saturated carbocycles. The molecule has 5 heteroatoms. The average molecular weight is 254 g/mol. The van der Waals surface area contributed by atoms with Crippen molar-refractivity contribution < 1.29 is 9.66 Å². The molecule has 2 aromatic rings. The first-order valence-electron chi connectivity index (χ1n) is 5.53. The summed E-state index contributed by atoms with van der Waals surface area (Å²) < 4.78 is 5.56. The van der Waals surface area contributed by atoms with Crippen molar-refractivity contribution in [3.05, 3.63) is 63.7 Å². The van der Waals surface area contributed by atoms with Gasteiger partial charge in [-0.05, 0) is 43.3 Å². The zero-order valence-electron chi connectivity index (χ0n) is 10.2. The van der Waals surface area contributed by atoms with E-state index in [1.165, 1.54) is 6.07 Å². The van der Waals surface area contributed by atoms with Crippen LogP contribution < -0.4 is 4.74 Å². The molecule has 0 radical (unpaired) electrons. The predicted molar refractivity (Wildman–Crippen MR) is 69.1 cm³/mol. The summed E-state index contributed by atoms with van der Waals surface area (Å²) >= 11 is 0. The SMILES string of the molecule is Cc1cc(Oc2ccc(C#N)cc2)ccc1[N+](=O)[O-]. The van der Waals surface area contributed by atoms with Gasteiger partial charge < -0.3 is 4.74 Å². The molecule has 0 unspecified atom stereocenters. The molecule has 0 aliphatic rings. The average Bonchev–Trinajstić information content (AvgIpc) is 2.39. The number of nitro benzene ring substituents is 1. The van der Waals surface area contributed by atoms with Crippen LogP contribution in [0.15, 0.2) is 42.5 Å². The van der Waals surface area contributed by atoms with Crippen LogP contribution in [0.3, 0.4) is 0 Å². The molecular formula is C14H10N2O3. The molecule has 2 aromatic carbocycles. The van der Waals surface area contributed by atoms with Crippen LogP contribution in [-0.2, 0) is 0 Å². The third-order valence-electron chi connectivity index (χ3n) is 2.58. The maximum atomic E-state index is 10.7. The van der Waals surface area contributed by atoms with Gasteiger partial charge in [0.2, 0.25) is 0 Å². The fourth-order valence-corrected chi connectivity index (χ4v) is 1.63. The van der Waals surface area contributed by atoms with Gasteiger partial charge in [0, 0.05) is 11.6 Å². The number of hydrogen-bond acceptors (Lipinski definition) is 4. The molecular weight excluding hydrogens is 244 g/mol. The quantitative estimate of drug-likeness (QED) is 0.619. The molecule has 0 bridgehead atoms. The van der Waals surface area contributed by atoms with Gasteiger partial charge in [0.1, 0.15) is 11.5 Å². The van der Waals surface area contributed by atoms with Gasteiger partial charge in [-0.1, -0.05) is 0 Å². The Bertz CT molecular complexity index is 657. The van der Waals surface area contributed by atoms with E-state index < -0.39 is 4.92 Å². The number of aryl methyl sites for hydroxylation is 1. The maximum absolute atomic E-state index is 10.7. The molecule has 0 aliphatic heterocycles. The normalized spacial score (nSPS) is 9.68. The minimum absolute atomic E-state index is 0.0622. The molecule has 2 rings (SSSR count). The van der Waals surface area contributed by atoms with E-state index in [1.807, 2.05) is 6.07 Å². The first kappa shape index (κ1) is 12.6. The van der Waals surface area contributed by atoms with Crippen LogP contribution in [0.2, 0.25) is 0 Å². The van der Waals surface area contributed by atoms with Gasteiger partial charge in [0.15, 0.2) is 0 Å². The lowest BCUT2D eigenvalue weighted by atomic mass is 10.2. The van der Waals surface area contributed by atoms with Gasteiger partial charge in [0.25, 0.3) is 5.69 Å². The molecule has 0 fully saturated rings. The van der Waals surface area contributed by atoms with Gasteiger partial charge in [-0.2, -0.15) is 5.26 Å². The largest absolute Gasteiger partial charge is 0.457 e. The number of nitriles is 1. The lowest BCUT2D eigenvalue weighted by Gasteiger charge is -2.06. The van der Waals surface area contributed by atoms with E-state index in [-0.39, 0.29) is 5.69 Å². The highest BCUT2D eigenvalue weighted by Crippen LogP contribution is 2.27. The Morgan fingerprint density at radius 3 is 2.32 bits per heavy atom. The standard InChI is InChI=1S/C14H10N2O3/c1-10-8-13(6-7-14(10)16(17)18)19-12-4-2-11(9-15)3-5-12/h2-8H,1H3. The van der Waals surface area contributed by atoms with Crippen molar-refractivity contribution in [2.75, 3.05) is 0 Å². The summed E-state index contributed by atoms with van der Waals surface area (Å²) in [6, 6.07) is 13.2. The predicted octanol–water partition coefficient (Wildman–Crippen LogP) is 3.57. The highest BCUT2D eigenvalue weighted by molar-refractivity contribution is 5.46. The summed E-state index contributed by atoms with van der Waals surface area (Å²) in [5.74, 6) is 1.10. The lowest BCUT2D eigenvalue weighted by molar-refractivity contribution is -0.385. The van der Waals surface area contributed by atoms with Crippen LogP contribution in [0.25, 0.3) is 0 Å². The summed E-state index contributed by atoms with van der Waals surface area (Å²) in [5.41, 5.74) is 1.15. The van der Waals surface area contributed by atoms with Crippen molar-refractivity contribution in [1.29, 1.82) is 5.26 Å². The summed E-state index contributed by atoms with van der Waals surface area (Å²) in [4.78, 5) is 10.3. The number of benzene rings is 2. The van der Waals surface area contributed by atoms with E-state index in [0.717, 1.165) is 0 Å². The Morgan fingerprint density at radius 1 is 1.16 bits per heavy atom. The molecule has 5 nitrogen and oxygen atoms in total. The van der Waals surface area contributed by atoms with Crippen molar-refractivity contribution in [1.82, 2.24) is 0 Å². The summed E-state index contributed by atoms with van der Waals surface area (Å²) in [5, 5.41) is 19.4. The summed E-state index contributed by atoms with van der Waals surface area (Å²) in [6.07, 6.45) is 0. The molecule has 94 valence electrons. The second-order valence-corrected chi connectivity index (χ2v) is 3.94. The third kappa shape index (κ3) is 2.87. The van der Waals surface area contributed by atoms with Crippen molar-refractivity contribution in [3.8, 4) is 17.6 Å². The van der Waals surface area contributed by atoms with Crippen LogP contribution in [0.1, 0.15) is 11.1 Å². The number of nitrogens with zero attached hydrogens (tertiary/aromatic N) is 2. The molecule has 0 atom stereocenters. The highest BCUT2D eigenvalue weighted by Gasteiger charge is 2.10. The Kier molecular flexibility index (Phi) is 3.44. The molecule has 0 aliphatic carbocycles. The van der Waals surface area contributed by atoms with Crippen molar-refractivity contribution in [2.24, 2.45) is 0 Å². The van der Waals surface area contributed by atoms with E-state index in [1.54, 1.807) is 43.3 Å². The third-order valence-corrected chi connectivity index (χ3v) is 2.58. The maximum Gasteiger partial charge on any atom is 0.272 e. The second kappa shape index (κ2) is 5.19. The Balaban J connectivity index is 2.21. The van der Waals surface area contributed by atoms with Crippen LogP contribution >= 0.6 is 0 Å².